The van der Waals surface area contributed by atoms with Crippen LogP contribution in [0.5, 0.6) is 5.75 Å². The van der Waals surface area contributed by atoms with Crippen molar-refractivity contribution in [1.29, 1.82) is 0 Å². The summed E-state index contributed by atoms with van der Waals surface area (Å²) in [6.45, 7) is 0. The number of aromatic nitrogens is 3. The molecule has 4 aromatic rings. The van der Waals surface area contributed by atoms with Gasteiger partial charge >= 0.3 is 0 Å². The van der Waals surface area contributed by atoms with Gasteiger partial charge in [0.1, 0.15) is 5.75 Å². The van der Waals surface area contributed by atoms with E-state index in [1.165, 1.54) is 18.0 Å². The fourth-order valence-corrected chi connectivity index (χ4v) is 4.23. The van der Waals surface area contributed by atoms with Gasteiger partial charge in [-0.05, 0) is 60.2 Å². The lowest BCUT2D eigenvalue weighted by Gasteiger charge is -2.11. The zero-order chi connectivity index (χ0) is 25.3. The molecule has 0 aliphatic rings. The number of nitrogens with one attached hydrogen (secondary N) is 1. The van der Waals surface area contributed by atoms with Crippen LogP contribution >= 0.6 is 35.0 Å². The molecule has 0 saturated carbocycles. The van der Waals surface area contributed by atoms with Gasteiger partial charge in [-0.2, -0.15) is 5.10 Å². The second kappa shape index (κ2) is 12.4. The Bertz CT molecular complexity index is 1370. The Labute approximate surface area is 222 Å². The molecular weight excluding hydrogens is 517 g/mol. The zero-order valence-electron chi connectivity index (χ0n) is 19.1. The van der Waals surface area contributed by atoms with Crippen LogP contribution in [0.2, 0.25) is 5.02 Å². The second-order valence-corrected chi connectivity index (χ2v) is 9.18. The molecule has 0 fully saturated rings. The van der Waals surface area contributed by atoms with E-state index < -0.39 is 0 Å². The van der Waals surface area contributed by atoms with E-state index in [2.05, 4.69) is 20.7 Å². The minimum atomic E-state index is -0.308. The summed E-state index contributed by atoms with van der Waals surface area (Å²) in [5.41, 5.74) is 5.08. The molecule has 1 aromatic heterocycles. The average molecular weight is 538 g/mol. The molecular formula is C26H21Cl2N5O2S. The summed E-state index contributed by atoms with van der Waals surface area (Å²) in [7, 11) is 1.61. The maximum Gasteiger partial charge on any atom is 0.250 e. The number of ether oxygens (including phenoxy) is 1. The van der Waals surface area contributed by atoms with Gasteiger partial charge in [-0.3, -0.25) is 9.36 Å². The van der Waals surface area contributed by atoms with Crippen molar-refractivity contribution in [2.45, 2.75) is 5.16 Å². The largest absolute Gasteiger partial charge is 0.497 e. The van der Waals surface area contributed by atoms with Gasteiger partial charge in [-0.1, -0.05) is 65.3 Å². The third-order valence-corrected chi connectivity index (χ3v) is 6.27. The van der Waals surface area contributed by atoms with E-state index in [1.54, 1.807) is 25.3 Å². The normalized spacial score (nSPS) is 11.6. The van der Waals surface area contributed by atoms with Crippen molar-refractivity contribution in [2.75, 3.05) is 12.9 Å². The molecule has 0 saturated heterocycles. The van der Waals surface area contributed by atoms with E-state index in [4.69, 9.17) is 27.9 Å². The summed E-state index contributed by atoms with van der Waals surface area (Å²) >= 11 is 13.5. The molecule has 36 heavy (non-hydrogen) atoms. The molecule has 1 heterocycles. The molecule has 0 atom stereocenters. The Morgan fingerprint density at radius 1 is 1.06 bits per heavy atom. The lowest BCUT2D eigenvalue weighted by molar-refractivity contribution is -0.118. The highest BCUT2D eigenvalue weighted by molar-refractivity contribution is 7.99. The Morgan fingerprint density at radius 3 is 2.47 bits per heavy atom. The van der Waals surface area contributed by atoms with Crippen molar-refractivity contribution in [1.82, 2.24) is 20.2 Å². The smallest absolute Gasteiger partial charge is 0.250 e. The first-order valence-electron chi connectivity index (χ1n) is 10.8. The molecule has 3 aromatic carbocycles. The molecule has 1 amide bonds. The number of methoxy groups -OCH3 is 1. The standard InChI is InChI=1S/C26H21Cl2N5O2S/c1-35-23-13-7-19(8-14-23)25-31-32-26(33(25)22-11-9-20(27)10-12-22)36-17-24(34)30-29-16-21(28)15-18-5-3-2-4-6-18/h2-16H,17H2,1H3,(H,30,34)/b21-15-,29-16+. The second-order valence-electron chi connectivity index (χ2n) is 7.37. The Kier molecular flexibility index (Phi) is 8.78. The fourth-order valence-electron chi connectivity index (χ4n) is 3.19. The molecule has 0 bridgehead atoms. The molecule has 0 spiro atoms. The van der Waals surface area contributed by atoms with Crippen LogP contribution in [0.1, 0.15) is 5.56 Å². The van der Waals surface area contributed by atoms with Crippen LogP contribution in [0.15, 0.2) is 94.2 Å². The molecule has 10 heteroatoms. The van der Waals surface area contributed by atoms with Crippen LogP contribution in [0.3, 0.4) is 0 Å². The Hall–Kier alpha value is -3.59. The molecule has 0 radical (unpaired) electrons. The molecule has 0 aliphatic heterocycles. The summed E-state index contributed by atoms with van der Waals surface area (Å²) < 4.78 is 7.12. The van der Waals surface area contributed by atoms with Gasteiger partial charge in [-0.25, -0.2) is 5.43 Å². The average Bonchev–Trinajstić information content (AvgIpc) is 3.32. The first kappa shape index (κ1) is 25.5. The van der Waals surface area contributed by atoms with E-state index in [1.807, 2.05) is 71.3 Å². The highest BCUT2D eigenvalue weighted by Gasteiger charge is 2.17. The summed E-state index contributed by atoms with van der Waals surface area (Å²) in [5.74, 6) is 1.13. The predicted molar refractivity (Wildman–Crippen MR) is 146 cm³/mol. The van der Waals surface area contributed by atoms with Crippen LogP contribution in [0, 0.1) is 0 Å². The highest BCUT2D eigenvalue weighted by Crippen LogP contribution is 2.29. The first-order chi connectivity index (χ1) is 17.5. The molecule has 0 aliphatic carbocycles. The molecule has 7 nitrogen and oxygen atoms in total. The number of hydrogen-bond donors (Lipinski definition) is 1. The van der Waals surface area contributed by atoms with Crippen molar-refractivity contribution in [3.63, 3.8) is 0 Å². The minimum Gasteiger partial charge on any atom is -0.497 e. The van der Waals surface area contributed by atoms with E-state index in [9.17, 15) is 4.79 Å². The van der Waals surface area contributed by atoms with Crippen molar-refractivity contribution in [3.05, 3.63) is 94.5 Å². The summed E-state index contributed by atoms with van der Waals surface area (Å²) in [6.07, 6.45) is 3.14. The summed E-state index contributed by atoms with van der Waals surface area (Å²) in [6, 6.07) is 24.4. The summed E-state index contributed by atoms with van der Waals surface area (Å²) in [5, 5.41) is 14.2. The third-order valence-electron chi connectivity index (χ3n) is 4.88. The topological polar surface area (TPSA) is 81.4 Å². The first-order valence-corrected chi connectivity index (χ1v) is 12.5. The maximum absolute atomic E-state index is 12.4. The van der Waals surface area contributed by atoms with Gasteiger partial charge in [0.25, 0.3) is 5.91 Å². The van der Waals surface area contributed by atoms with Gasteiger partial charge < -0.3 is 4.74 Å². The van der Waals surface area contributed by atoms with Crippen LogP contribution in [0.4, 0.5) is 0 Å². The van der Waals surface area contributed by atoms with Crippen LogP contribution in [-0.4, -0.2) is 39.7 Å². The number of thioether (sulfide) groups is 1. The number of carbonyl (C=O) groups excluding carboxylic acids is 1. The number of benzene rings is 3. The van der Waals surface area contributed by atoms with E-state index in [-0.39, 0.29) is 11.7 Å². The van der Waals surface area contributed by atoms with Gasteiger partial charge in [0.15, 0.2) is 11.0 Å². The number of halogens is 2. The van der Waals surface area contributed by atoms with E-state index in [0.717, 1.165) is 22.6 Å². The fraction of sp³-hybridized carbons (Fsp3) is 0.0769. The quantitative estimate of drug-likeness (QED) is 0.159. The number of nitrogens with zero attached hydrogens (tertiary/aromatic N) is 4. The number of carbonyl (C=O) groups is 1. The molecule has 0 unspecified atom stereocenters. The van der Waals surface area contributed by atoms with Crippen molar-refractivity contribution in [3.8, 4) is 22.8 Å². The van der Waals surface area contributed by atoms with Gasteiger partial charge in [0, 0.05) is 16.3 Å². The number of hydrogen-bond acceptors (Lipinski definition) is 6. The van der Waals surface area contributed by atoms with E-state index >= 15 is 0 Å². The lowest BCUT2D eigenvalue weighted by atomic mass is 10.2. The monoisotopic (exact) mass is 537 g/mol. The highest BCUT2D eigenvalue weighted by atomic mass is 35.5. The van der Waals surface area contributed by atoms with Crippen molar-refractivity contribution >= 4 is 53.2 Å². The third kappa shape index (κ3) is 6.75. The SMILES string of the molecule is COc1ccc(-c2nnc(SCC(=O)N/N=C/C(Cl)=C/c3ccccc3)n2-c2ccc(Cl)cc2)cc1. The molecule has 4 rings (SSSR count). The summed E-state index contributed by atoms with van der Waals surface area (Å²) in [4.78, 5) is 12.4. The van der Waals surface area contributed by atoms with Crippen LogP contribution in [-0.2, 0) is 4.79 Å². The van der Waals surface area contributed by atoms with Gasteiger partial charge in [-0.15, -0.1) is 10.2 Å². The zero-order valence-corrected chi connectivity index (χ0v) is 21.5. The molecule has 182 valence electrons. The molecule has 1 N–H and O–H groups in total. The number of allylic oxidation sites excluding steroid dienone is 1. The minimum absolute atomic E-state index is 0.0751. The Balaban J connectivity index is 1.47. The van der Waals surface area contributed by atoms with Gasteiger partial charge in [0.05, 0.1) is 24.1 Å². The predicted octanol–water partition coefficient (Wildman–Crippen LogP) is 6.07. The van der Waals surface area contributed by atoms with Crippen molar-refractivity contribution in [2.24, 2.45) is 5.10 Å². The number of amides is 1. The number of rotatable bonds is 9. The van der Waals surface area contributed by atoms with Gasteiger partial charge in [0.2, 0.25) is 0 Å². The van der Waals surface area contributed by atoms with Crippen LogP contribution in [0.25, 0.3) is 23.2 Å². The number of hydrazone groups is 1. The van der Waals surface area contributed by atoms with Crippen molar-refractivity contribution < 1.29 is 9.53 Å². The van der Waals surface area contributed by atoms with Crippen LogP contribution < -0.4 is 10.2 Å². The Morgan fingerprint density at radius 2 is 1.78 bits per heavy atom. The maximum atomic E-state index is 12.4. The van der Waals surface area contributed by atoms with E-state index in [0.29, 0.717) is 21.0 Å². The lowest BCUT2D eigenvalue weighted by Crippen LogP contribution is -2.19.